The fourth-order valence-electron chi connectivity index (χ4n) is 6.12. The lowest BCUT2D eigenvalue weighted by molar-refractivity contribution is 0.310. The van der Waals surface area contributed by atoms with E-state index in [2.05, 4.69) is 168 Å². The molecule has 0 spiro atoms. The molecule has 1 atom stereocenters. The lowest BCUT2D eigenvalue weighted by atomic mass is 10.0. The van der Waals surface area contributed by atoms with E-state index in [0.717, 1.165) is 29.1 Å². The van der Waals surface area contributed by atoms with E-state index in [-0.39, 0.29) is 0 Å². The van der Waals surface area contributed by atoms with Crippen LogP contribution in [0.2, 0.25) is 0 Å². The molecule has 1 aliphatic rings. The highest BCUT2D eigenvalue weighted by Gasteiger charge is 2.30. The molecule has 0 saturated heterocycles. The molecule has 4 aromatic carbocycles. The summed E-state index contributed by atoms with van der Waals surface area (Å²) in [6.45, 7) is 13.0. The summed E-state index contributed by atoms with van der Waals surface area (Å²) in [6.07, 6.45) is 16.2. The van der Waals surface area contributed by atoms with E-state index in [9.17, 15) is 0 Å². The highest BCUT2D eigenvalue weighted by Crippen LogP contribution is 2.57. The van der Waals surface area contributed by atoms with Crippen LogP contribution in [0.5, 0.6) is 5.75 Å². The summed E-state index contributed by atoms with van der Waals surface area (Å²) >= 11 is 0. The molecule has 0 aromatic heterocycles. The van der Waals surface area contributed by atoms with Crippen molar-refractivity contribution in [3.05, 3.63) is 178 Å². The molecule has 4 heteroatoms. The van der Waals surface area contributed by atoms with Gasteiger partial charge in [0.25, 0.3) is 0 Å². The van der Waals surface area contributed by atoms with E-state index in [4.69, 9.17) is 9.47 Å². The van der Waals surface area contributed by atoms with E-state index in [1.165, 1.54) is 54.1 Å². The van der Waals surface area contributed by atoms with Crippen molar-refractivity contribution < 1.29 is 9.47 Å². The zero-order valence-corrected chi connectivity index (χ0v) is 31.9. The first kappa shape index (κ1) is 36.1. The van der Waals surface area contributed by atoms with Gasteiger partial charge in [-0.25, -0.2) is 0 Å². The topological polar surface area (TPSA) is 18.5 Å². The Balaban J connectivity index is 1.91. The average Bonchev–Trinajstić information content (AvgIpc) is 3.33. The van der Waals surface area contributed by atoms with Gasteiger partial charge >= 0.3 is 0 Å². The quantitative estimate of drug-likeness (QED) is 0.0891. The largest absolute Gasteiger partial charge is 0.496 e. The minimum absolute atomic E-state index is 0.820. The molecule has 0 amide bonds. The van der Waals surface area contributed by atoms with Gasteiger partial charge in [0, 0.05) is 11.1 Å². The van der Waals surface area contributed by atoms with Crippen molar-refractivity contribution in [2.24, 2.45) is 0 Å². The molecule has 49 heavy (non-hydrogen) atoms. The summed E-state index contributed by atoms with van der Waals surface area (Å²) in [5, 5.41) is 7.83. The molecule has 0 radical (unpaired) electrons. The molecule has 0 heterocycles. The van der Waals surface area contributed by atoms with E-state index in [1.54, 1.807) is 14.2 Å². The molecule has 250 valence electrons. The van der Waals surface area contributed by atoms with Crippen molar-refractivity contribution in [2.75, 3.05) is 14.2 Å². The molecule has 1 aliphatic carbocycles. The molecule has 5 rings (SSSR count). The Hall–Kier alpha value is -4.22. The first-order valence-corrected chi connectivity index (χ1v) is 19.5. The van der Waals surface area contributed by atoms with Crippen molar-refractivity contribution in [1.29, 1.82) is 0 Å². The summed E-state index contributed by atoms with van der Waals surface area (Å²) in [7, 11) is 1.70. The predicted octanol–water partition coefficient (Wildman–Crippen LogP) is 10.8. The number of rotatable bonds is 11. The zero-order chi connectivity index (χ0) is 34.9. The zero-order valence-electron chi connectivity index (χ0n) is 30.1. The lowest BCUT2D eigenvalue weighted by Gasteiger charge is -2.29. The maximum absolute atomic E-state index is 6.37. The van der Waals surface area contributed by atoms with E-state index in [0.29, 0.717) is 0 Å². The molecule has 0 aliphatic heterocycles. The number of hydrogen-bond acceptors (Lipinski definition) is 2. The maximum Gasteiger partial charge on any atom is 0.127 e. The number of ether oxygens (including phenoxy) is 2. The summed E-state index contributed by atoms with van der Waals surface area (Å²) < 4.78 is 12.7. The second-order valence-electron chi connectivity index (χ2n) is 12.4. The van der Waals surface area contributed by atoms with Gasteiger partial charge in [-0.3, -0.25) is 0 Å². The van der Waals surface area contributed by atoms with Crippen molar-refractivity contribution in [3.8, 4) is 5.75 Å². The highest BCUT2D eigenvalue weighted by molar-refractivity contribution is 7.80. The molecule has 2 nitrogen and oxygen atoms in total. The third-order valence-corrected chi connectivity index (χ3v) is 13.8. The number of hydrogen-bond donors (Lipinski definition) is 0. The SMILES string of the molecule is C\C=C/C=C(OC)\C(=C(/C)P(C1=CC=C(C)C=CC1)c1ccc(C)cc1)c1c(OC)cccc1P(c1ccc(C)cc1)c1ccc(C)cc1. The number of methoxy groups -OCH3 is 2. The summed E-state index contributed by atoms with van der Waals surface area (Å²) in [4.78, 5) is 0. The first-order chi connectivity index (χ1) is 23.7. The molecule has 1 unspecified atom stereocenters. The van der Waals surface area contributed by atoms with Gasteiger partial charge in [-0.1, -0.05) is 144 Å². The van der Waals surface area contributed by atoms with Gasteiger partial charge in [-0.15, -0.1) is 0 Å². The van der Waals surface area contributed by atoms with Gasteiger partial charge in [0.1, 0.15) is 11.5 Å². The molecule has 0 saturated carbocycles. The molecular formula is C45H48O2P2. The smallest absolute Gasteiger partial charge is 0.127 e. The van der Waals surface area contributed by atoms with Gasteiger partial charge < -0.3 is 9.47 Å². The van der Waals surface area contributed by atoms with Crippen LogP contribution >= 0.6 is 15.8 Å². The van der Waals surface area contributed by atoms with Crippen molar-refractivity contribution >= 4 is 42.6 Å². The van der Waals surface area contributed by atoms with Gasteiger partial charge in [-0.2, -0.15) is 0 Å². The van der Waals surface area contributed by atoms with Crippen molar-refractivity contribution in [1.82, 2.24) is 0 Å². The van der Waals surface area contributed by atoms with Crippen LogP contribution in [0.4, 0.5) is 0 Å². The predicted molar refractivity (Wildman–Crippen MR) is 217 cm³/mol. The maximum atomic E-state index is 6.37. The van der Waals surface area contributed by atoms with Crippen molar-refractivity contribution in [2.45, 2.75) is 48.0 Å². The summed E-state index contributed by atoms with van der Waals surface area (Å²) in [5.41, 5.74) is 7.18. The van der Waals surface area contributed by atoms with E-state index in [1.807, 2.05) is 6.92 Å². The Morgan fingerprint density at radius 2 is 1.29 bits per heavy atom. The molecule has 0 fully saturated rings. The van der Waals surface area contributed by atoms with Gasteiger partial charge in [-0.05, 0) is 108 Å². The summed E-state index contributed by atoms with van der Waals surface area (Å²) in [6, 6.07) is 33.7. The Kier molecular flexibility index (Phi) is 12.5. The molecular weight excluding hydrogens is 634 g/mol. The van der Waals surface area contributed by atoms with E-state index < -0.39 is 15.8 Å². The van der Waals surface area contributed by atoms with Gasteiger partial charge in [0.2, 0.25) is 0 Å². The van der Waals surface area contributed by atoms with Crippen LogP contribution in [-0.4, -0.2) is 14.2 Å². The average molecular weight is 683 g/mol. The minimum atomic E-state index is -0.959. The monoisotopic (exact) mass is 682 g/mol. The lowest BCUT2D eigenvalue weighted by Crippen LogP contribution is -2.24. The Labute approximate surface area is 296 Å². The number of allylic oxidation sites excluding steroid dienone is 11. The Bertz CT molecular complexity index is 1890. The van der Waals surface area contributed by atoms with Crippen LogP contribution in [0.25, 0.3) is 5.57 Å². The third-order valence-electron chi connectivity index (χ3n) is 8.73. The van der Waals surface area contributed by atoms with Crippen LogP contribution in [-0.2, 0) is 4.74 Å². The van der Waals surface area contributed by atoms with Crippen LogP contribution in [0, 0.1) is 20.8 Å². The van der Waals surface area contributed by atoms with Gasteiger partial charge in [0.15, 0.2) is 0 Å². The fourth-order valence-corrected chi connectivity index (χ4v) is 11.1. The van der Waals surface area contributed by atoms with Crippen LogP contribution in [0.15, 0.2) is 155 Å². The Morgan fingerprint density at radius 3 is 1.82 bits per heavy atom. The molecule has 0 bridgehead atoms. The second-order valence-corrected chi connectivity index (χ2v) is 17.0. The fraction of sp³-hybridized carbons (Fsp3) is 0.200. The van der Waals surface area contributed by atoms with Crippen LogP contribution < -0.4 is 26.0 Å². The van der Waals surface area contributed by atoms with Crippen LogP contribution in [0.3, 0.4) is 0 Å². The summed E-state index contributed by atoms with van der Waals surface area (Å²) in [5.74, 6) is 1.66. The van der Waals surface area contributed by atoms with Crippen molar-refractivity contribution in [3.63, 3.8) is 0 Å². The molecule has 0 N–H and O–H groups in total. The van der Waals surface area contributed by atoms with Crippen LogP contribution in [0.1, 0.15) is 49.4 Å². The number of aryl methyl sites for hydroxylation is 3. The van der Waals surface area contributed by atoms with E-state index >= 15 is 0 Å². The standard InChI is InChI=1S/C45H48O2P2/c1-9-10-15-41(46-7)44(36(6)48(38-26-19-33(3)20-27-38)37-14-11-13-32(2)18-25-37)45-42(47-8)16-12-17-43(45)49(39-28-21-34(4)22-29-39)40-30-23-35(5)24-31-40/h9-13,15-31H,14H2,1-8H3/b10-9-,41-15+,44-36-. The Morgan fingerprint density at radius 1 is 0.714 bits per heavy atom. The molecule has 4 aromatic rings. The minimum Gasteiger partial charge on any atom is -0.496 e. The highest BCUT2D eigenvalue weighted by atomic mass is 31.1. The third kappa shape index (κ3) is 8.51. The number of benzene rings is 4. The normalized spacial score (nSPS) is 14.7. The first-order valence-electron chi connectivity index (χ1n) is 16.9. The van der Waals surface area contributed by atoms with Gasteiger partial charge in [0.05, 0.1) is 14.2 Å². The second kappa shape index (κ2) is 16.9.